The van der Waals surface area contributed by atoms with Crippen LogP contribution in [-0.2, 0) is 5.41 Å². The zero-order valence-corrected chi connectivity index (χ0v) is 10.9. The molecule has 0 saturated heterocycles. The zero-order chi connectivity index (χ0) is 12.9. The molecule has 17 heavy (non-hydrogen) atoms. The molecule has 1 aromatic rings. The van der Waals surface area contributed by atoms with E-state index in [1.165, 1.54) is 0 Å². The van der Waals surface area contributed by atoms with Crippen LogP contribution in [0.3, 0.4) is 0 Å². The molecule has 0 spiro atoms. The van der Waals surface area contributed by atoms with Gasteiger partial charge in [-0.1, -0.05) is 19.9 Å². The third-order valence-electron chi connectivity index (χ3n) is 2.82. The van der Waals surface area contributed by atoms with Gasteiger partial charge in [-0.05, 0) is 6.07 Å². The Morgan fingerprint density at radius 2 is 1.94 bits per heavy atom. The molecule has 0 heterocycles. The highest BCUT2D eigenvalue weighted by Crippen LogP contribution is 2.33. The van der Waals surface area contributed by atoms with E-state index in [1.807, 2.05) is 18.2 Å². The number of nitrogens with one attached hydrogen (secondary N) is 1. The van der Waals surface area contributed by atoms with Gasteiger partial charge in [-0.25, -0.2) is 0 Å². The van der Waals surface area contributed by atoms with E-state index in [9.17, 15) is 0 Å². The molecule has 0 atom stereocenters. The van der Waals surface area contributed by atoms with Gasteiger partial charge in [0.1, 0.15) is 11.5 Å². The molecule has 0 unspecified atom stereocenters. The zero-order valence-electron chi connectivity index (χ0n) is 10.9. The summed E-state index contributed by atoms with van der Waals surface area (Å²) < 4.78 is 10.6. The molecule has 4 heteroatoms. The van der Waals surface area contributed by atoms with Gasteiger partial charge in [0.2, 0.25) is 0 Å². The minimum Gasteiger partial charge on any atom is -0.497 e. The van der Waals surface area contributed by atoms with Crippen molar-refractivity contribution < 1.29 is 14.6 Å². The Hall–Kier alpha value is -1.26. The Balaban J connectivity index is 3.03. The molecule has 0 aliphatic rings. The number of benzene rings is 1. The molecule has 0 radical (unpaired) electrons. The van der Waals surface area contributed by atoms with Crippen LogP contribution in [0, 0.1) is 0 Å². The first-order valence-electron chi connectivity index (χ1n) is 5.59. The van der Waals surface area contributed by atoms with Crippen molar-refractivity contribution in [3.8, 4) is 11.5 Å². The van der Waals surface area contributed by atoms with Gasteiger partial charge in [0, 0.05) is 23.6 Å². The van der Waals surface area contributed by atoms with Crippen LogP contribution in [-0.4, -0.2) is 32.6 Å². The predicted octanol–water partition coefficient (Wildman–Crippen LogP) is 1.52. The maximum absolute atomic E-state index is 8.82. The van der Waals surface area contributed by atoms with Crippen molar-refractivity contribution in [3.63, 3.8) is 0 Å². The van der Waals surface area contributed by atoms with E-state index >= 15 is 0 Å². The van der Waals surface area contributed by atoms with E-state index in [1.54, 1.807) is 14.2 Å². The van der Waals surface area contributed by atoms with E-state index in [-0.39, 0.29) is 12.1 Å². The number of ether oxygens (including phenoxy) is 2. The molecule has 0 fully saturated rings. The lowest BCUT2D eigenvalue weighted by molar-refractivity contribution is 0.246. The van der Waals surface area contributed by atoms with Crippen molar-refractivity contribution in [2.75, 3.05) is 27.5 Å². The number of hydrogen-bond acceptors (Lipinski definition) is 4. The lowest BCUT2D eigenvalue weighted by Gasteiger charge is -2.27. The fourth-order valence-electron chi connectivity index (χ4n) is 1.82. The first kappa shape index (κ1) is 13.8. The first-order valence-corrected chi connectivity index (χ1v) is 5.59. The number of aliphatic hydroxyl groups excluding tert-OH is 1. The molecular formula is C13H21NO3. The largest absolute Gasteiger partial charge is 0.497 e. The normalized spacial score (nSPS) is 11.4. The van der Waals surface area contributed by atoms with Gasteiger partial charge in [-0.3, -0.25) is 5.32 Å². The molecule has 1 rings (SSSR count). The number of aliphatic hydroxyl groups is 1. The van der Waals surface area contributed by atoms with Crippen LogP contribution in [0.25, 0.3) is 0 Å². The molecule has 4 nitrogen and oxygen atoms in total. The third kappa shape index (κ3) is 3.35. The van der Waals surface area contributed by atoms with Crippen LogP contribution < -0.4 is 14.8 Å². The van der Waals surface area contributed by atoms with Crippen LogP contribution in [0.15, 0.2) is 18.2 Å². The second-order valence-corrected chi connectivity index (χ2v) is 4.53. The molecule has 2 N–H and O–H groups in total. The van der Waals surface area contributed by atoms with Crippen LogP contribution in [0.5, 0.6) is 11.5 Å². The first-order chi connectivity index (χ1) is 8.05. The second-order valence-electron chi connectivity index (χ2n) is 4.53. The topological polar surface area (TPSA) is 50.7 Å². The monoisotopic (exact) mass is 239 g/mol. The van der Waals surface area contributed by atoms with E-state index in [0.717, 1.165) is 17.1 Å². The summed E-state index contributed by atoms with van der Waals surface area (Å²) >= 11 is 0. The van der Waals surface area contributed by atoms with Crippen LogP contribution in [0.2, 0.25) is 0 Å². The molecular weight excluding hydrogens is 218 g/mol. The Morgan fingerprint density at radius 3 is 2.47 bits per heavy atom. The molecule has 0 aromatic heterocycles. The van der Waals surface area contributed by atoms with Crippen molar-refractivity contribution in [2.45, 2.75) is 19.3 Å². The summed E-state index contributed by atoms with van der Waals surface area (Å²) in [4.78, 5) is 0. The number of rotatable bonds is 6. The van der Waals surface area contributed by atoms with Crippen LogP contribution in [0.4, 0.5) is 0 Å². The van der Waals surface area contributed by atoms with Gasteiger partial charge in [0.25, 0.3) is 0 Å². The lowest BCUT2D eigenvalue weighted by Crippen LogP contribution is -2.33. The molecule has 0 aliphatic carbocycles. The van der Waals surface area contributed by atoms with Crippen molar-refractivity contribution in [2.24, 2.45) is 0 Å². The summed E-state index contributed by atoms with van der Waals surface area (Å²) in [6.07, 6.45) is 0. The Labute approximate surface area is 103 Å². The Bertz CT molecular complexity index is 364. The molecule has 0 amide bonds. The Kier molecular flexibility index (Phi) is 4.78. The van der Waals surface area contributed by atoms with Crippen molar-refractivity contribution >= 4 is 0 Å². The van der Waals surface area contributed by atoms with Gasteiger partial charge in [-0.15, -0.1) is 0 Å². The van der Waals surface area contributed by atoms with Gasteiger partial charge in [0.05, 0.1) is 21.0 Å². The minimum atomic E-state index is -0.125. The maximum atomic E-state index is 8.82. The standard InChI is InChI=1S/C13H21NO3/c1-13(2,8-14-9-15)11-6-5-10(16-3)7-12(11)17-4/h5-7,14-15H,8-9H2,1-4H3. The van der Waals surface area contributed by atoms with Crippen molar-refractivity contribution in [3.05, 3.63) is 23.8 Å². The van der Waals surface area contributed by atoms with Gasteiger partial charge in [-0.2, -0.15) is 0 Å². The second kappa shape index (κ2) is 5.89. The Morgan fingerprint density at radius 1 is 1.24 bits per heavy atom. The highest BCUT2D eigenvalue weighted by Gasteiger charge is 2.24. The summed E-state index contributed by atoms with van der Waals surface area (Å²) in [5.41, 5.74) is 0.960. The summed E-state index contributed by atoms with van der Waals surface area (Å²) in [6, 6.07) is 5.78. The van der Waals surface area contributed by atoms with Crippen LogP contribution >= 0.6 is 0 Å². The van der Waals surface area contributed by atoms with Crippen molar-refractivity contribution in [1.82, 2.24) is 5.32 Å². The SMILES string of the molecule is COc1ccc(C(C)(C)CNCO)c(OC)c1. The van der Waals surface area contributed by atoms with Crippen molar-refractivity contribution in [1.29, 1.82) is 0 Å². The summed E-state index contributed by atoms with van der Waals surface area (Å²) in [5.74, 6) is 1.57. The third-order valence-corrected chi connectivity index (χ3v) is 2.82. The average Bonchev–Trinajstić information content (AvgIpc) is 2.35. The van der Waals surface area contributed by atoms with Crippen LogP contribution in [0.1, 0.15) is 19.4 Å². The average molecular weight is 239 g/mol. The minimum absolute atomic E-state index is 0.0259. The fraction of sp³-hybridized carbons (Fsp3) is 0.538. The van der Waals surface area contributed by atoms with E-state index < -0.39 is 0 Å². The predicted molar refractivity (Wildman–Crippen MR) is 67.7 cm³/mol. The van der Waals surface area contributed by atoms with Gasteiger partial charge in [0.15, 0.2) is 0 Å². The molecule has 1 aromatic carbocycles. The summed E-state index contributed by atoms with van der Waals surface area (Å²) in [7, 11) is 3.28. The molecule has 0 bridgehead atoms. The highest BCUT2D eigenvalue weighted by molar-refractivity contribution is 5.44. The molecule has 0 saturated carbocycles. The fourth-order valence-corrected chi connectivity index (χ4v) is 1.82. The number of hydrogen-bond donors (Lipinski definition) is 2. The van der Waals surface area contributed by atoms with E-state index in [4.69, 9.17) is 14.6 Å². The number of methoxy groups -OCH3 is 2. The van der Waals surface area contributed by atoms with Gasteiger partial charge >= 0.3 is 0 Å². The quantitative estimate of drug-likeness (QED) is 0.739. The van der Waals surface area contributed by atoms with E-state index in [0.29, 0.717) is 6.54 Å². The molecule has 96 valence electrons. The summed E-state index contributed by atoms with van der Waals surface area (Å²) in [6.45, 7) is 4.84. The molecule has 0 aliphatic heterocycles. The summed E-state index contributed by atoms with van der Waals surface area (Å²) in [5, 5.41) is 11.8. The maximum Gasteiger partial charge on any atom is 0.126 e. The smallest absolute Gasteiger partial charge is 0.126 e. The van der Waals surface area contributed by atoms with E-state index in [2.05, 4.69) is 19.2 Å². The highest BCUT2D eigenvalue weighted by atomic mass is 16.5. The lowest BCUT2D eigenvalue weighted by atomic mass is 9.84. The van der Waals surface area contributed by atoms with Gasteiger partial charge < -0.3 is 14.6 Å².